The molecule has 0 aromatic rings. The quantitative estimate of drug-likeness (QED) is 0.808. The molecule has 116 valence electrons. The minimum atomic E-state index is -0.757. The van der Waals surface area contributed by atoms with Crippen LogP contribution in [0.25, 0.3) is 0 Å². The van der Waals surface area contributed by atoms with Gasteiger partial charge in [-0.25, -0.2) is 0 Å². The number of nitrogens with zero attached hydrogens (tertiary/aromatic N) is 1. The number of carbonyl (C=O) groups is 2. The van der Waals surface area contributed by atoms with Crippen LogP contribution in [0, 0.1) is 0 Å². The molecule has 0 saturated carbocycles. The van der Waals surface area contributed by atoms with Crippen LogP contribution >= 0.6 is 0 Å². The highest BCUT2D eigenvalue weighted by molar-refractivity contribution is 5.99. The maximum Gasteiger partial charge on any atom is 0.246 e. The molecule has 5 heteroatoms. The summed E-state index contributed by atoms with van der Waals surface area (Å²) < 4.78 is 5.41. The summed E-state index contributed by atoms with van der Waals surface area (Å²) in [5, 5.41) is 2.84. The topological polar surface area (TPSA) is 58.6 Å². The summed E-state index contributed by atoms with van der Waals surface area (Å²) in [6, 6.07) is -0.396. The van der Waals surface area contributed by atoms with Crippen LogP contribution in [0.15, 0.2) is 0 Å². The van der Waals surface area contributed by atoms with Crippen LogP contribution in [0.5, 0.6) is 0 Å². The van der Waals surface area contributed by atoms with Crippen LogP contribution in [0.3, 0.4) is 0 Å². The molecule has 2 atom stereocenters. The Morgan fingerprint density at radius 2 is 1.95 bits per heavy atom. The second kappa shape index (κ2) is 6.12. The number of rotatable bonds is 6. The molecule has 1 aliphatic rings. The predicted octanol–water partition coefficient (Wildman–Crippen LogP) is 1.71. The van der Waals surface area contributed by atoms with Crippen molar-refractivity contribution >= 4 is 11.8 Å². The van der Waals surface area contributed by atoms with Gasteiger partial charge >= 0.3 is 0 Å². The molecule has 20 heavy (non-hydrogen) atoms. The Morgan fingerprint density at radius 1 is 1.35 bits per heavy atom. The lowest BCUT2D eigenvalue weighted by atomic mass is 9.89. The Morgan fingerprint density at radius 3 is 2.40 bits per heavy atom. The van der Waals surface area contributed by atoms with E-state index in [2.05, 4.69) is 5.32 Å². The number of ether oxygens (including phenoxy) is 1. The van der Waals surface area contributed by atoms with Crippen LogP contribution in [0.2, 0.25) is 0 Å². The number of hydrogen-bond donors (Lipinski definition) is 1. The summed E-state index contributed by atoms with van der Waals surface area (Å²) in [7, 11) is 1.67. The van der Waals surface area contributed by atoms with E-state index in [0.29, 0.717) is 25.8 Å². The lowest BCUT2D eigenvalue weighted by molar-refractivity contribution is -0.157. The third kappa shape index (κ3) is 3.14. The third-order valence-electron chi connectivity index (χ3n) is 4.54. The molecule has 0 spiro atoms. The standard InChI is InChI=1S/C15H28N2O3/c1-7-11-12(18)17(10-9-14(3,4)20-6)15(5,8-2)13(19)16-11/h11H,7-10H2,1-6H3,(H,16,19). The third-order valence-corrected chi connectivity index (χ3v) is 4.54. The zero-order valence-electron chi connectivity index (χ0n) is 13.6. The highest BCUT2D eigenvalue weighted by atomic mass is 16.5. The van der Waals surface area contributed by atoms with Gasteiger partial charge in [0.1, 0.15) is 11.6 Å². The van der Waals surface area contributed by atoms with Crippen molar-refractivity contribution in [2.45, 2.75) is 71.1 Å². The van der Waals surface area contributed by atoms with Gasteiger partial charge in [-0.15, -0.1) is 0 Å². The summed E-state index contributed by atoms with van der Waals surface area (Å²) in [4.78, 5) is 26.6. The van der Waals surface area contributed by atoms with E-state index in [1.807, 2.05) is 34.6 Å². The van der Waals surface area contributed by atoms with Gasteiger partial charge in [0.2, 0.25) is 11.8 Å². The second-order valence-electron chi connectivity index (χ2n) is 6.27. The van der Waals surface area contributed by atoms with Gasteiger partial charge in [-0.2, -0.15) is 0 Å². The van der Waals surface area contributed by atoms with E-state index >= 15 is 0 Å². The molecular weight excluding hydrogens is 256 g/mol. The fourth-order valence-electron chi connectivity index (χ4n) is 2.40. The number of carbonyl (C=O) groups excluding carboxylic acids is 2. The van der Waals surface area contributed by atoms with Crippen molar-refractivity contribution in [3.05, 3.63) is 0 Å². The summed E-state index contributed by atoms with van der Waals surface area (Å²) in [5.74, 6) is -0.0370. The van der Waals surface area contributed by atoms with E-state index in [1.165, 1.54) is 0 Å². The predicted molar refractivity (Wildman–Crippen MR) is 78.3 cm³/mol. The average molecular weight is 284 g/mol. The van der Waals surface area contributed by atoms with Gasteiger partial charge in [-0.1, -0.05) is 13.8 Å². The first kappa shape index (κ1) is 17.0. The minimum Gasteiger partial charge on any atom is -0.379 e. The zero-order valence-corrected chi connectivity index (χ0v) is 13.6. The summed E-state index contributed by atoms with van der Waals surface area (Å²) in [5.41, 5.74) is -1.06. The normalized spacial score (nSPS) is 27.7. The van der Waals surface area contributed by atoms with E-state index in [4.69, 9.17) is 4.74 Å². The highest BCUT2D eigenvalue weighted by Gasteiger charge is 2.47. The molecule has 1 saturated heterocycles. The number of piperazine rings is 1. The maximum atomic E-state index is 12.6. The number of amides is 2. The first-order chi connectivity index (χ1) is 9.21. The van der Waals surface area contributed by atoms with E-state index < -0.39 is 11.6 Å². The van der Waals surface area contributed by atoms with Crippen molar-refractivity contribution < 1.29 is 14.3 Å². The fourth-order valence-corrected chi connectivity index (χ4v) is 2.40. The summed E-state index contributed by atoms with van der Waals surface area (Å²) in [6.07, 6.45) is 1.93. The fraction of sp³-hybridized carbons (Fsp3) is 0.867. The molecule has 0 aromatic carbocycles. The molecular formula is C15H28N2O3. The molecule has 5 nitrogen and oxygen atoms in total. The molecule has 0 bridgehead atoms. The van der Waals surface area contributed by atoms with Gasteiger partial charge in [0.05, 0.1) is 5.60 Å². The first-order valence-corrected chi connectivity index (χ1v) is 7.39. The number of nitrogens with one attached hydrogen (secondary N) is 1. The Hall–Kier alpha value is -1.10. The van der Waals surface area contributed by atoms with Gasteiger partial charge in [0, 0.05) is 13.7 Å². The summed E-state index contributed by atoms with van der Waals surface area (Å²) >= 11 is 0. The van der Waals surface area contributed by atoms with Gasteiger partial charge < -0.3 is 15.0 Å². The molecule has 0 radical (unpaired) electrons. The van der Waals surface area contributed by atoms with E-state index in [1.54, 1.807) is 12.0 Å². The zero-order chi connectivity index (χ0) is 15.6. The molecule has 1 aliphatic heterocycles. The van der Waals surface area contributed by atoms with E-state index in [0.717, 1.165) is 0 Å². The van der Waals surface area contributed by atoms with Gasteiger partial charge in [0.25, 0.3) is 0 Å². The average Bonchev–Trinajstić information content (AvgIpc) is 2.42. The summed E-state index contributed by atoms with van der Waals surface area (Å²) in [6.45, 7) is 10.2. The van der Waals surface area contributed by atoms with E-state index in [-0.39, 0.29) is 17.4 Å². The molecule has 2 amide bonds. The van der Waals surface area contributed by atoms with Crippen LogP contribution in [-0.2, 0) is 14.3 Å². The Balaban J connectivity index is 2.95. The minimum absolute atomic E-state index is 0.0170. The first-order valence-electron chi connectivity index (χ1n) is 7.39. The Labute approximate surface area is 122 Å². The molecule has 1 heterocycles. The van der Waals surface area contributed by atoms with Crippen molar-refractivity contribution in [3.8, 4) is 0 Å². The lowest BCUT2D eigenvalue weighted by Crippen LogP contribution is -2.69. The van der Waals surface area contributed by atoms with Gasteiger partial charge in [-0.05, 0) is 40.0 Å². The van der Waals surface area contributed by atoms with Gasteiger partial charge in [-0.3, -0.25) is 9.59 Å². The molecule has 1 fully saturated rings. The monoisotopic (exact) mass is 284 g/mol. The molecule has 0 aliphatic carbocycles. The van der Waals surface area contributed by atoms with Crippen LogP contribution in [0.4, 0.5) is 0 Å². The molecule has 0 aromatic heterocycles. The second-order valence-corrected chi connectivity index (χ2v) is 6.27. The van der Waals surface area contributed by atoms with E-state index in [9.17, 15) is 9.59 Å². The SMILES string of the molecule is CCC1NC(=O)C(C)(CC)N(CCC(C)(C)OC)C1=O. The molecule has 1 N–H and O–H groups in total. The largest absolute Gasteiger partial charge is 0.379 e. The highest BCUT2D eigenvalue weighted by Crippen LogP contribution is 2.27. The Kier molecular flexibility index (Phi) is 5.19. The number of methoxy groups -OCH3 is 1. The maximum absolute atomic E-state index is 12.6. The molecule has 2 unspecified atom stereocenters. The van der Waals surface area contributed by atoms with Crippen LogP contribution < -0.4 is 5.32 Å². The Bertz CT molecular complexity index is 381. The van der Waals surface area contributed by atoms with Crippen LogP contribution in [-0.4, -0.2) is 47.6 Å². The smallest absolute Gasteiger partial charge is 0.246 e. The van der Waals surface area contributed by atoms with Crippen molar-refractivity contribution in [2.75, 3.05) is 13.7 Å². The van der Waals surface area contributed by atoms with Crippen molar-refractivity contribution in [1.29, 1.82) is 0 Å². The van der Waals surface area contributed by atoms with Crippen molar-refractivity contribution in [2.24, 2.45) is 0 Å². The lowest BCUT2D eigenvalue weighted by Gasteiger charge is -2.46. The molecule has 1 rings (SSSR count). The van der Waals surface area contributed by atoms with Crippen LogP contribution in [0.1, 0.15) is 53.9 Å². The van der Waals surface area contributed by atoms with Gasteiger partial charge in [0.15, 0.2) is 0 Å². The van der Waals surface area contributed by atoms with Crippen molar-refractivity contribution in [1.82, 2.24) is 10.2 Å². The van der Waals surface area contributed by atoms with Crippen molar-refractivity contribution in [3.63, 3.8) is 0 Å². The number of hydrogen-bond acceptors (Lipinski definition) is 3.